The average Bonchev–Trinajstić information content (AvgIpc) is 3.11. The summed E-state index contributed by atoms with van der Waals surface area (Å²) in [5.74, 6) is 0.601. The van der Waals surface area contributed by atoms with Gasteiger partial charge in [-0.15, -0.1) is 16.4 Å². The number of carbonyl (C=O) groups is 1. The van der Waals surface area contributed by atoms with E-state index in [1.807, 2.05) is 12.3 Å². The molecule has 0 aliphatic carbocycles. The van der Waals surface area contributed by atoms with Crippen LogP contribution in [0.3, 0.4) is 0 Å². The lowest BCUT2D eigenvalue weighted by atomic mass is 10.3. The summed E-state index contributed by atoms with van der Waals surface area (Å²) in [6.45, 7) is 6.82. The number of unbranched alkanes of at least 4 members (excludes halogenated alkanes) is 1. The van der Waals surface area contributed by atoms with E-state index in [2.05, 4.69) is 22.1 Å². The monoisotopic (exact) mass is 355 g/mol. The van der Waals surface area contributed by atoms with Crippen molar-refractivity contribution in [2.45, 2.75) is 51.1 Å². The normalized spacial score (nSPS) is 10.9. The van der Waals surface area contributed by atoms with Crippen LogP contribution in [0.2, 0.25) is 0 Å². The molecule has 23 heavy (non-hydrogen) atoms. The first kappa shape index (κ1) is 17.7. The number of thiazole rings is 1. The molecule has 0 aliphatic rings. The molecule has 2 aromatic rings. The van der Waals surface area contributed by atoms with Crippen molar-refractivity contribution in [2.75, 3.05) is 11.4 Å². The molecule has 126 valence electrons. The number of anilines is 1. The largest absolute Gasteiger partial charge is 0.343 e. The lowest BCUT2D eigenvalue weighted by molar-refractivity contribution is -0.116. The number of hydrogen-bond acceptors (Lipinski definition) is 6. The molecule has 7 nitrogen and oxygen atoms in total. The molecule has 1 amide bonds. The van der Waals surface area contributed by atoms with Crippen LogP contribution in [0.5, 0.6) is 0 Å². The third-order valence-electron chi connectivity index (χ3n) is 3.27. The van der Waals surface area contributed by atoms with Crippen molar-refractivity contribution in [1.29, 1.82) is 0 Å². The van der Waals surface area contributed by atoms with Gasteiger partial charge in [0.05, 0.1) is 5.69 Å². The van der Waals surface area contributed by atoms with E-state index < -0.39 is 0 Å². The second kappa shape index (κ2) is 8.30. The molecular formula is C14H21N5O2S2. The summed E-state index contributed by atoms with van der Waals surface area (Å²) in [7, 11) is 0. The zero-order chi connectivity index (χ0) is 16.8. The molecule has 0 bridgehead atoms. The van der Waals surface area contributed by atoms with Crippen LogP contribution < -0.4 is 10.6 Å². The van der Waals surface area contributed by atoms with Gasteiger partial charge in [0.15, 0.2) is 10.3 Å². The van der Waals surface area contributed by atoms with Gasteiger partial charge in [0.1, 0.15) is 0 Å². The van der Waals surface area contributed by atoms with Crippen LogP contribution in [0.25, 0.3) is 0 Å². The Bertz CT molecular complexity index is 706. The number of aromatic nitrogens is 4. The topological polar surface area (TPSA) is 83.9 Å². The minimum atomic E-state index is -0.173. The second-order valence-electron chi connectivity index (χ2n) is 4.99. The van der Waals surface area contributed by atoms with E-state index in [4.69, 9.17) is 0 Å². The van der Waals surface area contributed by atoms with E-state index in [0.717, 1.165) is 18.5 Å². The van der Waals surface area contributed by atoms with Crippen molar-refractivity contribution in [2.24, 2.45) is 0 Å². The summed E-state index contributed by atoms with van der Waals surface area (Å²) >= 11 is 2.93. The van der Waals surface area contributed by atoms with Crippen molar-refractivity contribution < 1.29 is 4.79 Å². The number of H-pyrrole nitrogens is 1. The quantitative estimate of drug-likeness (QED) is 0.736. The van der Waals surface area contributed by atoms with Crippen molar-refractivity contribution >= 4 is 34.1 Å². The smallest absolute Gasteiger partial charge is 0.289 e. The number of hydrogen-bond donors (Lipinski definition) is 1. The first-order valence-electron chi connectivity index (χ1n) is 7.57. The van der Waals surface area contributed by atoms with Gasteiger partial charge in [0.25, 0.3) is 0 Å². The molecular weight excluding hydrogens is 334 g/mol. The van der Waals surface area contributed by atoms with Gasteiger partial charge < -0.3 is 0 Å². The van der Waals surface area contributed by atoms with Gasteiger partial charge in [0, 0.05) is 31.1 Å². The van der Waals surface area contributed by atoms with E-state index >= 15 is 0 Å². The fourth-order valence-electron chi connectivity index (χ4n) is 2.04. The van der Waals surface area contributed by atoms with Gasteiger partial charge >= 0.3 is 5.69 Å². The average molecular weight is 355 g/mol. The highest BCUT2D eigenvalue weighted by Crippen LogP contribution is 2.25. The number of amides is 1. The Morgan fingerprint density at radius 3 is 2.91 bits per heavy atom. The molecule has 0 radical (unpaired) electrons. The van der Waals surface area contributed by atoms with Crippen molar-refractivity contribution in [3.05, 3.63) is 21.6 Å². The van der Waals surface area contributed by atoms with Crippen LogP contribution in [-0.4, -0.2) is 32.2 Å². The summed E-state index contributed by atoms with van der Waals surface area (Å²) in [5, 5.41) is 9.89. The highest BCUT2D eigenvalue weighted by atomic mass is 32.2. The van der Waals surface area contributed by atoms with E-state index in [-0.39, 0.29) is 11.6 Å². The SMILES string of the molecule is CCCCn1c(SCc2csc(N(CC)C(C)=O)n2)n[nH]c1=O. The highest BCUT2D eigenvalue weighted by molar-refractivity contribution is 7.98. The predicted octanol–water partition coefficient (Wildman–Crippen LogP) is 2.49. The summed E-state index contributed by atoms with van der Waals surface area (Å²) < 4.78 is 1.66. The van der Waals surface area contributed by atoms with Crippen LogP contribution in [0.4, 0.5) is 5.13 Å². The number of rotatable bonds is 8. The lowest BCUT2D eigenvalue weighted by Crippen LogP contribution is -2.27. The van der Waals surface area contributed by atoms with Crippen molar-refractivity contribution in [3.63, 3.8) is 0 Å². The van der Waals surface area contributed by atoms with E-state index in [0.29, 0.717) is 29.1 Å². The summed E-state index contributed by atoms with van der Waals surface area (Å²) in [5.41, 5.74) is 0.709. The first-order valence-corrected chi connectivity index (χ1v) is 9.43. The van der Waals surface area contributed by atoms with Crippen LogP contribution in [0.1, 0.15) is 39.3 Å². The maximum atomic E-state index is 11.7. The van der Waals surface area contributed by atoms with Crippen molar-refractivity contribution in [3.8, 4) is 0 Å². The lowest BCUT2D eigenvalue weighted by Gasteiger charge is -2.14. The van der Waals surface area contributed by atoms with Gasteiger partial charge in [-0.3, -0.25) is 14.3 Å². The van der Waals surface area contributed by atoms with Crippen LogP contribution in [-0.2, 0) is 17.1 Å². The van der Waals surface area contributed by atoms with Gasteiger partial charge in [-0.25, -0.2) is 14.9 Å². The Balaban J connectivity index is 2.03. The molecule has 0 aliphatic heterocycles. The third kappa shape index (κ3) is 4.44. The summed E-state index contributed by atoms with van der Waals surface area (Å²) in [6.07, 6.45) is 1.97. The zero-order valence-corrected chi connectivity index (χ0v) is 15.2. The minimum Gasteiger partial charge on any atom is -0.289 e. The molecule has 0 unspecified atom stereocenters. The number of thioether (sulfide) groups is 1. The van der Waals surface area contributed by atoms with Crippen LogP contribution in [0.15, 0.2) is 15.3 Å². The van der Waals surface area contributed by atoms with Crippen LogP contribution >= 0.6 is 23.1 Å². The van der Waals surface area contributed by atoms with E-state index in [1.54, 1.807) is 9.47 Å². The number of carbonyl (C=O) groups excluding carboxylic acids is 1. The maximum absolute atomic E-state index is 11.7. The minimum absolute atomic E-state index is 0.0123. The molecule has 0 saturated carbocycles. The third-order valence-corrected chi connectivity index (χ3v) is 5.20. The predicted molar refractivity (Wildman–Crippen MR) is 93.1 cm³/mol. The fourth-order valence-corrected chi connectivity index (χ4v) is 3.95. The number of nitrogens with zero attached hydrogens (tertiary/aromatic N) is 4. The van der Waals surface area contributed by atoms with Gasteiger partial charge in [-0.2, -0.15) is 0 Å². The number of nitrogens with one attached hydrogen (secondary N) is 1. The van der Waals surface area contributed by atoms with E-state index in [1.165, 1.54) is 30.0 Å². The molecule has 1 N–H and O–H groups in total. The first-order chi connectivity index (χ1) is 11.1. The fraction of sp³-hybridized carbons (Fsp3) is 0.571. The highest BCUT2D eigenvalue weighted by Gasteiger charge is 2.14. The van der Waals surface area contributed by atoms with Crippen molar-refractivity contribution in [1.82, 2.24) is 19.7 Å². The summed E-state index contributed by atoms with van der Waals surface area (Å²) in [6, 6.07) is 0. The Hall–Kier alpha value is -1.61. The molecule has 0 atom stereocenters. The number of aromatic amines is 1. The molecule has 2 aromatic heterocycles. The van der Waals surface area contributed by atoms with Gasteiger partial charge in [-0.1, -0.05) is 25.1 Å². The Morgan fingerprint density at radius 1 is 1.48 bits per heavy atom. The molecule has 9 heteroatoms. The maximum Gasteiger partial charge on any atom is 0.343 e. The zero-order valence-electron chi connectivity index (χ0n) is 13.5. The molecule has 0 fully saturated rings. The Labute approximate surface area is 143 Å². The standard InChI is InChI=1S/C14H21N5O2S2/c1-4-6-7-19-12(21)16-17-14(19)23-9-11-8-22-13(15-11)18(5-2)10(3)20/h8H,4-7,9H2,1-3H3,(H,16,21). The molecule has 0 spiro atoms. The molecule has 2 rings (SSSR count). The van der Waals surface area contributed by atoms with E-state index in [9.17, 15) is 9.59 Å². The molecule has 0 aromatic carbocycles. The Morgan fingerprint density at radius 2 is 2.26 bits per heavy atom. The Kier molecular flexibility index (Phi) is 6.40. The second-order valence-corrected chi connectivity index (χ2v) is 6.77. The van der Waals surface area contributed by atoms with Gasteiger partial charge in [0.2, 0.25) is 5.91 Å². The van der Waals surface area contributed by atoms with Gasteiger partial charge in [-0.05, 0) is 13.3 Å². The molecule has 2 heterocycles. The van der Waals surface area contributed by atoms with Crippen LogP contribution in [0, 0.1) is 0 Å². The summed E-state index contributed by atoms with van der Waals surface area (Å²) in [4.78, 5) is 29.4. The molecule has 0 saturated heterocycles.